The molecule has 0 heterocycles. The van der Waals surface area contributed by atoms with Crippen LogP contribution >= 0.6 is 0 Å². The molecule has 0 aliphatic rings. The normalized spacial score (nSPS) is 14.9. The van der Waals surface area contributed by atoms with Gasteiger partial charge in [-0.3, -0.25) is 0 Å². The molecule has 0 aromatic rings. The summed E-state index contributed by atoms with van der Waals surface area (Å²) in [6.07, 6.45) is 9.84. The van der Waals surface area contributed by atoms with Crippen LogP contribution in [-0.4, -0.2) is 12.6 Å². The molecule has 0 radical (unpaired) electrons. The summed E-state index contributed by atoms with van der Waals surface area (Å²) in [6, 6.07) is 0.612. The van der Waals surface area contributed by atoms with Crippen molar-refractivity contribution < 1.29 is 0 Å². The molecule has 76 valence electrons. The predicted molar refractivity (Wildman–Crippen MR) is 59.6 cm³/mol. The zero-order chi connectivity index (χ0) is 10.1. The van der Waals surface area contributed by atoms with E-state index in [1.54, 1.807) is 0 Å². The number of terminal acetylenes is 1. The molecule has 0 bridgehead atoms. The van der Waals surface area contributed by atoms with Crippen LogP contribution in [0.5, 0.6) is 0 Å². The Kier molecular flexibility index (Phi) is 7.83. The minimum absolute atomic E-state index is 0.612. The molecule has 13 heavy (non-hydrogen) atoms. The van der Waals surface area contributed by atoms with Crippen LogP contribution in [-0.2, 0) is 0 Å². The highest BCUT2D eigenvalue weighted by atomic mass is 14.9. The first kappa shape index (κ1) is 12.5. The van der Waals surface area contributed by atoms with Gasteiger partial charge >= 0.3 is 0 Å². The standard InChI is InChI=1S/C12H23N/c1-5-8-10-12(13-7-3)11(4)9-6-2/h1,11-13H,6-10H2,2-4H3. The van der Waals surface area contributed by atoms with E-state index in [1.807, 2.05) is 0 Å². The van der Waals surface area contributed by atoms with E-state index in [1.165, 1.54) is 12.8 Å². The Morgan fingerprint density at radius 2 is 2.00 bits per heavy atom. The van der Waals surface area contributed by atoms with Crippen LogP contribution in [0.2, 0.25) is 0 Å². The van der Waals surface area contributed by atoms with E-state index in [9.17, 15) is 0 Å². The highest BCUT2D eigenvalue weighted by molar-refractivity contribution is 4.86. The Morgan fingerprint density at radius 3 is 2.46 bits per heavy atom. The van der Waals surface area contributed by atoms with E-state index in [0.29, 0.717) is 6.04 Å². The molecule has 2 atom stereocenters. The van der Waals surface area contributed by atoms with Crippen molar-refractivity contribution in [2.24, 2.45) is 5.92 Å². The molecule has 1 N–H and O–H groups in total. The molecule has 1 nitrogen and oxygen atoms in total. The smallest absolute Gasteiger partial charge is 0.0102 e. The summed E-state index contributed by atoms with van der Waals surface area (Å²) in [4.78, 5) is 0. The molecule has 2 unspecified atom stereocenters. The summed E-state index contributed by atoms with van der Waals surface area (Å²) in [6.45, 7) is 7.75. The van der Waals surface area contributed by atoms with Gasteiger partial charge < -0.3 is 5.32 Å². The van der Waals surface area contributed by atoms with Crippen molar-refractivity contribution in [2.45, 2.75) is 52.5 Å². The molecule has 0 saturated carbocycles. The Morgan fingerprint density at radius 1 is 1.31 bits per heavy atom. The summed E-state index contributed by atoms with van der Waals surface area (Å²) < 4.78 is 0. The minimum Gasteiger partial charge on any atom is -0.314 e. The minimum atomic E-state index is 0.612. The lowest BCUT2D eigenvalue weighted by Crippen LogP contribution is -2.34. The van der Waals surface area contributed by atoms with Gasteiger partial charge in [-0.25, -0.2) is 0 Å². The molecule has 0 aliphatic heterocycles. The van der Waals surface area contributed by atoms with Crippen LogP contribution in [0, 0.1) is 18.3 Å². The van der Waals surface area contributed by atoms with Gasteiger partial charge in [-0.2, -0.15) is 0 Å². The fourth-order valence-corrected chi connectivity index (χ4v) is 1.75. The summed E-state index contributed by atoms with van der Waals surface area (Å²) in [7, 11) is 0. The van der Waals surface area contributed by atoms with Crippen LogP contribution in [0.15, 0.2) is 0 Å². The Balaban J connectivity index is 3.84. The summed E-state index contributed by atoms with van der Waals surface area (Å²) in [5.41, 5.74) is 0. The van der Waals surface area contributed by atoms with Crippen molar-refractivity contribution >= 4 is 0 Å². The molecule has 0 aromatic heterocycles. The summed E-state index contributed by atoms with van der Waals surface area (Å²) >= 11 is 0. The van der Waals surface area contributed by atoms with E-state index in [0.717, 1.165) is 25.3 Å². The molecule has 0 rings (SSSR count). The van der Waals surface area contributed by atoms with Crippen molar-refractivity contribution in [3.8, 4) is 12.3 Å². The quantitative estimate of drug-likeness (QED) is 0.596. The average molecular weight is 181 g/mol. The summed E-state index contributed by atoms with van der Waals surface area (Å²) in [5, 5.41) is 3.51. The predicted octanol–water partition coefficient (Wildman–Crippen LogP) is 2.81. The molecule has 0 aliphatic carbocycles. The second-order valence-corrected chi connectivity index (χ2v) is 3.67. The van der Waals surface area contributed by atoms with E-state index in [4.69, 9.17) is 6.42 Å². The van der Waals surface area contributed by atoms with Gasteiger partial charge in [0.1, 0.15) is 0 Å². The highest BCUT2D eigenvalue weighted by Gasteiger charge is 2.13. The third-order valence-electron chi connectivity index (χ3n) is 2.50. The van der Waals surface area contributed by atoms with E-state index in [2.05, 4.69) is 32.0 Å². The van der Waals surface area contributed by atoms with E-state index in [-0.39, 0.29) is 0 Å². The number of hydrogen-bond donors (Lipinski definition) is 1. The lowest BCUT2D eigenvalue weighted by molar-refractivity contribution is 0.345. The largest absolute Gasteiger partial charge is 0.314 e. The van der Waals surface area contributed by atoms with Gasteiger partial charge in [-0.1, -0.05) is 27.2 Å². The Hall–Kier alpha value is -0.480. The summed E-state index contributed by atoms with van der Waals surface area (Å²) in [5.74, 6) is 3.46. The third-order valence-corrected chi connectivity index (χ3v) is 2.50. The van der Waals surface area contributed by atoms with Crippen molar-refractivity contribution in [3.05, 3.63) is 0 Å². The van der Waals surface area contributed by atoms with Gasteiger partial charge in [0.2, 0.25) is 0 Å². The zero-order valence-electron chi connectivity index (χ0n) is 9.27. The second-order valence-electron chi connectivity index (χ2n) is 3.67. The molecule has 0 spiro atoms. The third kappa shape index (κ3) is 5.71. The second kappa shape index (κ2) is 8.13. The molecule has 0 saturated heterocycles. The van der Waals surface area contributed by atoms with Crippen molar-refractivity contribution in [2.75, 3.05) is 6.54 Å². The van der Waals surface area contributed by atoms with Crippen LogP contribution in [0.3, 0.4) is 0 Å². The van der Waals surface area contributed by atoms with Gasteiger partial charge in [-0.05, 0) is 25.3 Å². The van der Waals surface area contributed by atoms with Crippen molar-refractivity contribution in [1.82, 2.24) is 5.32 Å². The van der Waals surface area contributed by atoms with Crippen molar-refractivity contribution in [1.29, 1.82) is 0 Å². The van der Waals surface area contributed by atoms with Gasteiger partial charge in [-0.15, -0.1) is 12.3 Å². The van der Waals surface area contributed by atoms with Crippen LogP contribution in [0.25, 0.3) is 0 Å². The lowest BCUT2D eigenvalue weighted by atomic mass is 9.93. The molecule has 0 aromatic carbocycles. The SMILES string of the molecule is C#CCCC(NCC)C(C)CCC. The van der Waals surface area contributed by atoms with Gasteiger partial charge in [0.05, 0.1) is 0 Å². The van der Waals surface area contributed by atoms with Crippen molar-refractivity contribution in [3.63, 3.8) is 0 Å². The lowest BCUT2D eigenvalue weighted by Gasteiger charge is -2.23. The molecular weight excluding hydrogens is 158 g/mol. The Labute approximate surface area is 83.3 Å². The maximum Gasteiger partial charge on any atom is 0.0102 e. The van der Waals surface area contributed by atoms with Crippen LogP contribution in [0.4, 0.5) is 0 Å². The first-order valence-corrected chi connectivity index (χ1v) is 5.43. The number of rotatable bonds is 7. The zero-order valence-corrected chi connectivity index (χ0v) is 9.27. The van der Waals surface area contributed by atoms with Gasteiger partial charge in [0.15, 0.2) is 0 Å². The maximum absolute atomic E-state index is 5.27. The molecule has 1 heteroatoms. The fourth-order valence-electron chi connectivity index (χ4n) is 1.75. The topological polar surface area (TPSA) is 12.0 Å². The molecule has 0 fully saturated rings. The number of nitrogens with one attached hydrogen (secondary N) is 1. The highest BCUT2D eigenvalue weighted by Crippen LogP contribution is 2.14. The van der Waals surface area contributed by atoms with E-state index < -0.39 is 0 Å². The first-order chi connectivity index (χ1) is 6.26. The Bertz CT molecular complexity index is 146. The monoisotopic (exact) mass is 181 g/mol. The fraction of sp³-hybridized carbons (Fsp3) is 0.833. The van der Waals surface area contributed by atoms with Gasteiger partial charge in [0, 0.05) is 12.5 Å². The van der Waals surface area contributed by atoms with Gasteiger partial charge in [0.25, 0.3) is 0 Å². The molecule has 0 amide bonds. The van der Waals surface area contributed by atoms with E-state index >= 15 is 0 Å². The number of hydrogen-bond acceptors (Lipinski definition) is 1. The van der Waals surface area contributed by atoms with Crippen LogP contribution in [0.1, 0.15) is 46.5 Å². The average Bonchev–Trinajstić information content (AvgIpc) is 2.12. The van der Waals surface area contributed by atoms with Crippen LogP contribution < -0.4 is 5.32 Å². The first-order valence-electron chi connectivity index (χ1n) is 5.43. The maximum atomic E-state index is 5.27. The molecular formula is C12H23N.